The molecule has 0 aromatic heterocycles. The normalized spacial score (nSPS) is 18.4. The number of Topliss-reactive ketones (excluding diaryl/α,β-unsaturated/α-hetero) is 1. The highest BCUT2D eigenvalue weighted by atomic mass is 16.7. The van der Waals surface area contributed by atoms with Crippen LogP contribution in [-0.2, 0) is 14.3 Å². The van der Waals surface area contributed by atoms with E-state index in [0.717, 1.165) is 19.3 Å². The quantitative estimate of drug-likeness (QED) is 0.470. The van der Waals surface area contributed by atoms with E-state index in [2.05, 4.69) is 0 Å². The minimum absolute atomic E-state index is 0.177. The van der Waals surface area contributed by atoms with Gasteiger partial charge in [-0.1, -0.05) is 12.1 Å². The maximum atomic E-state index is 11.8. The van der Waals surface area contributed by atoms with Crippen LogP contribution in [0.1, 0.15) is 36.5 Å². The molecule has 5 heteroatoms. The molecule has 20 heavy (non-hydrogen) atoms. The van der Waals surface area contributed by atoms with E-state index in [-0.39, 0.29) is 18.5 Å². The zero-order chi connectivity index (χ0) is 14.4. The number of benzene rings is 1. The first kappa shape index (κ1) is 14.5. The highest BCUT2D eigenvalue weighted by Crippen LogP contribution is 2.20. The third-order valence-corrected chi connectivity index (χ3v) is 2.96. The van der Waals surface area contributed by atoms with Gasteiger partial charge in [0.15, 0.2) is 6.29 Å². The fourth-order valence-corrected chi connectivity index (χ4v) is 1.98. The maximum absolute atomic E-state index is 11.8. The van der Waals surface area contributed by atoms with Gasteiger partial charge in [-0.25, -0.2) is 4.79 Å². The Labute approximate surface area is 117 Å². The Morgan fingerprint density at radius 2 is 2.20 bits per heavy atom. The predicted molar refractivity (Wildman–Crippen MR) is 71.6 cm³/mol. The number of esters is 1. The van der Waals surface area contributed by atoms with Crippen LogP contribution in [-0.4, -0.2) is 31.3 Å². The molecule has 1 saturated heterocycles. The summed E-state index contributed by atoms with van der Waals surface area (Å²) in [5.74, 6) is -0.993. The highest BCUT2D eigenvalue weighted by Gasteiger charge is 2.19. The Morgan fingerprint density at radius 1 is 1.35 bits per heavy atom. The fourth-order valence-electron chi connectivity index (χ4n) is 1.98. The minimum Gasteiger partial charge on any atom is -0.465 e. The lowest BCUT2D eigenvalue weighted by Gasteiger charge is -2.23. The van der Waals surface area contributed by atoms with E-state index in [1.807, 2.05) is 0 Å². The van der Waals surface area contributed by atoms with Gasteiger partial charge in [-0.05, 0) is 31.9 Å². The van der Waals surface area contributed by atoms with E-state index in [4.69, 9.17) is 14.2 Å². The Bertz CT molecular complexity index is 477. The lowest BCUT2D eigenvalue weighted by Crippen LogP contribution is -2.25. The molecule has 0 radical (unpaired) electrons. The number of hydrogen-bond acceptors (Lipinski definition) is 5. The number of carbonyl (C=O) groups is 2. The lowest BCUT2D eigenvalue weighted by atomic mass is 10.1. The number of carbonyl (C=O) groups excluding carboxylic acids is 2. The predicted octanol–water partition coefficient (Wildman–Crippen LogP) is 2.34. The average molecular weight is 278 g/mol. The van der Waals surface area contributed by atoms with Crippen LogP contribution < -0.4 is 4.74 Å². The second-order valence-electron chi connectivity index (χ2n) is 4.49. The van der Waals surface area contributed by atoms with Crippen LogP contribution in [0.3, 0.4) is 0 Å². The number of ketones is 1. The van der Waals surface area contributed by atoms with E-state index in [0.29, 0.717) is 12.4 Å². The SMILES string of the molecule is CCOC(=O)C(=O)c1cccc(OC2CCCCO2)c1. The van der Waals surface area contributed by atoms with E-state index in [1.54, 1.807) is 25.1 Å². The molecule has 5 nitrogen and oxygen atoms in total. The third-order valence-electron chi connectivity index (χ3n) is 2.96. The Balaban J connectivity index is 2.03. The van der Waals surface area contributed by atoms with Crippen LogP contribution in [0.5, 0.6) is 5.75 Å². The standard InChI is InChI=1S/C15H18O5/c1-2-18-15(17)14(16)11-6-5-7-12(10-11)20-13-8-3-4-9-19-13/h5-7,10,13H,2-4,8-9H2,1H3. The van der Waals surface area contributed by atoms with Crippen molar-refractivity contribution in [1.82, 2.24) is 0 Å². The summed E-state index contributed by atoms with van der Waals surface area (Å²) in [6.07, 6.45) is 2.65. The molecule has 1 heterocycles. The number of ether oxygens (including phenoxy) is 3. The van der Waals surface area contributed by atoms with Crippen LogP contribution in [0.15, 0.2) is 24.3 Å². The molecule has 0 bridgehead atoms. The summed E-state index contributed by atoms with van der Waals surface area (Å²) in [4.78, 5) is 23.2. The molecule has 1 fully saturated rings. The molecule has 0 saturated carbocycles. The van der Waals surface area contributed by atoms with Gasteiger partial charge in [0.25, 0.3) is 5.78 Å². The van der Waals surface area contributed by atoms with Crippen molar-refractivity contribution in [2.75, 3.05) is 13.2 Å². The summed E-state index contributed by atoms with van der Waals surface area (Å²) in [5.41, 5.74) is 0.261. The topological polar surface area (TPSA) is 61.8 Å². The summed E-state index contributed by atoms with van der Waals surface area (Å²) in [7, 11) is 0. The largest absolute Gasteiger partial charge is 0.465 e. The van der Waals surface area contributed by atoms with Crippen LogP contribution in [0.4, 0.5) is 0 Å². The van der Waals surface area contributed by atoms with Gasteiger partial charge >= 0.3 is 5.97 Å². The Kier molecular flexibility index (Phi) is 5.12. The van der Waals surface area contributed by atoms with Crippen molar-refractivity contribution in [2.45, 2.75) is 32.5 Å². The van der Waals surface area contributed by atoms with Crippen molar-refractivity contribution >= 4 is 11.8 Å². The second kappa shape index (κ2) is 7.05. The first-order chi connectivity index (χ1) is 9.70. The van der Waals surface area contributed by atoms with Gasteiger partial charge in [0.1, 0.15) is 5.75 Å². The Morgan fingerprint density at radius 3 is 2.90 bits per heavy atom. The molecule has 1 aliphatic rings. The zero-order valence-corrected chi connectivity index (χ0v) is 11.5. The fraction of sp³-hybridized carbons (Fsp3) is 0.467. The molecule has 1 aliphatic heterocycles. The first-order valence-electron chi connectivity index (χ1n) is 6.80. The van der Waals surface area contributed by atoms with Crippen molar-refractivity contribution in [2.24, 2.45) is 0 Å². The van der Waals surface area contributed by atoms with Gasteiger partial charge in [0.2, 0.25) is 0 Å². The molecule has 1 aromatic rings. The van der Waals surface area contributed by atoms with Crippen LogP contribution in [0, 0.1) is 0 Å². The number of hydrogen-bond donors (Lipinski definition) is 0. The molecule has 108 valence electrons. The molecule has 1 atom stereocenters. The van der Waals surface area contributed by atoms with E-state index >= 15 is 0 Å². The van der Waals surface area contributed by atoms with Crippen molar-refractivity contribution < 1.29 is 23.8 Å². The summed E-state index contributed by atoms with van der Waals surface area (Å²) in [6, 6.07) is 6.51. The summed E-state index contributed by atoms with van der Waals surface area (Å²) < 4.78 is 15.8. The molecule has 0 amide bonds. The van der Waals surface area contributed by atoms with Crippen molar-refractivity contribution in [1.29, 1.82) is 0 Å². The van der Waals surface area contributed by atoms with Crippen molar-refractivity contribution in [3.05, 3.63) is 29.8 Å². The van der Waals surface area contributed by atoms with Crippen LogP contribution in [0.2, 0.25) is 0 Å². The molecule has 1 unspecified atom stereocenters. The second-order valence-corrected chi connectivity index (χ2v) is 4.49. The van der Waals surface area contributed by atoms with Gasteiger partial charge in [-0.2, -0.15) is 0 Å². The van der Waals surface area contributed by atoms with E-state index in [9.17, 15) is 9.59 Å². The molecule has 0 spiro atoms. The first-order valence-corrected chi connectivity index (χ1v) is 6.80. The van der Waals surface area contributed by atoms with Gasteiger partial charge in [-0.3, -0.25) is 4.79 Å². The molecule has 0 aliphatic carbocycles. The van der Waals surface area contributed by atoms with Gasteiger partial charge in [-0.15, -0.1) is 0 Å². The smallest absolute Gasteiger partial charge is 0.379 e. The lowest BCUT2D eigenvalue weighted by molar-refractivity contribution is -0.137. The molecule has 0 N–H and O–H groups in total. The highest BCUT2D eigenvalue weighted by molar-refractivity contribution is 6.40. The molecular formula is C15H18O5. The van der Waals surface area contributed by atoms with Gasteiger partial charge in [0.05, 0.1) is 13.2 Å². The summed E-state index contributed by atoms with van der Waals surface area (Å²) in [5, 5.41) is 0. The molecule has 1 aromatic carbocycles. The molecule has 2 rings (SSSR count). The average Bonchev–Trinajstić information content (AvgIpc) is 2.48. The van der Waals surface area contributed by atoms with E-state index in [1.165, 1.54) is 6.07 Å². The summed E-state index contributed by atoms with van der Waals surface area (Å²) in [6.45, 7) is 2.52. The van der Waals surface area contributed by atoms with Gasteiger partial charge < -0.3 is 14.2 Å². The minimum atomic E-state index is -0.849. The molecular weight excluding hydrogens is 260 g/mol. The van der Waals surface area contributed by atoms with Crippen LogP contribution >= 0.6 is 0 Å². The maximum Gasteiger partial charge on any atom is 0.379 e. The van der Waals surface area contributed by atoms with Gasteiger partial charge in [0, 0.05) is 12.0 Å². The van der Waals surface area contributed by atoms with Crippen LogP contribution in [0.25, 0.3) is 0 Å². The van der Waals surface area contributed by atoms with Crippen molar-refractivity contribution in [3.8, 4) is 5.75 Å². The third kappa shape index (κ3) is 3.81. The zero-order valence-electron chi connectivity index (χ0n) is 11.5. The van der Waals surface area contributed by atoms with E-state index < -0.39 is 11.8 Å². The summed E-state index contributed by atoms with van der Waals surface area (Å²) >= 11 is 0. The Hall–Kier alpha value is -1.88. The number of rotatable bonds is 5. The van der Waals surface area contributed by atoms with Crippen molar-refractivity contribution in [3.63, 3.8) is 0 Å². The monoisotopic (exact) mass is 278 g/mol.